The van der Waals surface area contributed by atoms with Gasteiger partial charge in [-0.25, -0.2) is 4.79 Å². The van der Waals surface area contributed by atoms with Crippen molar-refractivity contribution in [2.45, 2.75) is 12.1 Å². The highest BCUT2D eigenvalue weighted by atomic mass is 32.2. The number of nitrogens with zero attached hydrogens (tertiary/aromatic N) is 3. The molecule has 0 radical (unpaired) electrons. The topological polar surface area (TPSA) is 105 Å². The molecule has 0 saturated carbocycles. The molecule has 1 heterocycles. The van der Waals surface area contributed by atoms with E-state index in [1.165, 1.54) is 26.0 Å². The Labute approximate surface area is 183 Å². The summed E-state index contributed by atoms with van der Waals surface area (Å²) in [6, 6.07) is 11.8. The Hall–Kier alpha value is -3.53. The lowest BCUT2D eigenvalue weighted by molar-refractivity contribution is -0.119. The van der Waals surface area contributed by atoms with Crippen LogP contribution in [0.3, 0.4) is 0 Å². The van der Waals surface area contributed by atoms with Crippen molar-refractivity contribution in [2.24, 2.45) is 0 Å². The van der Waals surface area contributed by atoms with Crippen molar-refractivity contribution in [3.8, 4) is 17.2 Å². The summed E-state index contributed by atoms with van der Waals surface area (Å²) >= 11 is 1.47. The fourth-order valence-electron chi connectivity index (χ4n) is 2.83. The summed E-state index contributed by atoms with van der Waals surface area (Å²) in [5, 5.41) is 11.6. The molecule has 162 valence electrons. The molecule has 0 saturated heterocycles. The SMILES string of the molecule is COc1ccc(OC)c(NC(=O)COC(=O)c2ccc(-n3c(C)nnc3SC)cc2)c1. The molecule has 31 heavy (non-hydrogen) atoms. The van der Waals surface area contributed by atoms with Crippen molar-refractivity contribution in [3.05, 3.63) is 53.9 Å². The Bertz CT molecular complexity index is 1080. The highest BCUT2D eigenvalue weighted by Gasteiger charge is 2.14. The fourth-order valence-corrected chi connectivity index (χ4v) is 3.37. The van der Waals surface area contributed by atoms with Crippen LogP contribution >= 0.6 is 11.8 Å². The third-order valence-electron chi connectivity index (χ3n) is 4.35. The molecule has 0 aliphatic heterocycles. The zero-order valence-electron chi connectivity index (χ0n) is 17.5. The quantitative estimate of drug-likeness (QED) is 0.419. The molecule has 0 atom stereocenters. The lowest BCUT2D eigenvalue weighted by Gasteiger charge is -2.12. The van der Waals surface area contributed by atoms with Gasteiger partial charge in [0, 0.05) is 11.8 Å². The van der Waals surface area contributed by atoms with Crippen LogP contribution in [0.5, 0.6) is 11.5 Å². The predicted octanol–water partition coefficient (Wildman–Crippen LogP) is 3.11. The number of aryl methyl sites for hydroxylation is 1. The van der Waals surface area contributed by atoms with E-state index in [9.17, 15) is 9.59 Å². The summed E-state index contributed by atoms with van der Waals surface area (Å²) in [5.74, 6) is 0.654. The largest absolute Gasteiger partial charge is 0.497 e. The molecule has 0 unspecified atom stereocenters. The molecule has 3 aromatic rings. The molecule has 0 spiro atoms. The number of ether oxygens (including phenoxy) is 3. The van der Waals surface area contributed by atoms with Crippen LogP contribution in [0.25, 0.3) is 5.69 Å². The summed E-state index contributed by atoms with van der Waals surface area (Å²) in [6.45, 7) is 1.41. The number of hydrogen-bond acceptors (Lipinski definition) is 8. The van der Waals surface area contributed by atoms with Gasteiger partial charge in [0.05, 0.1) is 25.5 Å². The number of thioether (sulfide) groups is 1. The number of esters is 1. The zero-order valence-corrected chi connectivity index (χ0v) is 18.4. The van der Waals surface area contributed by atoms with Gasteiger partial charge in [0.25, 0.3) is 5.91 Å². The minimum atomic E-state index is -0.607. The number of methoxy groups -OCH3 is 2. The van der Waals surface area contributed by atoms with Gasteiger partial charge < -0.3 is 19.5 Å². The first-order chi connectivity index (χ1) is 15.0. The number of carbonyl (C=O) groups excluding carboxylic acids is 2. The van der Waals surface area contributed by atoms with Crippen molar-refractivity contribution in [1.82, 2.24) is 14.8 Å². The lowest BCUT2D eigenvalue weighted by Crippen LogP contribution is -2.21. The Morgan fingerprint density at radius 1 is 1.06 bits per heavy atom. The van der Waals surface area contributed by atoms with Crippen molar-refractivity contribution in [1.29, 1.82) is 0 Å². The standard InChI is InChI=1S/C21H22N4O5S/c1-13-23-24-21(31-4)25(13)15-7-5-14(6-8-15)20(27)30-12-19(26)22-17-11-16(28-2)9-10-18(17)29-3/h5-11H,12H2,1-4H3,(H,22,26). The molecule has 1 N–H and O–H groups in total. The third kappa shape index (κ3) is 5.15. The lowest BCUT2D eigenvalue weighted by atomic mass is 10.2. The van der Waals surface area contributed by atoms with E-state index >= 15 is 0 Å². The molecule has 0 bridgehead atoms. The van der Waals surface area contributed by atoms with Crippen LogP contribution < -0.4 is 14.8 Å². The third-order valence-corrected chi connectivity index (χ3v) is 4.98. The van der Waals surface area contributed by atoms with Crippen LogP contribution in [0.15, 0.2) is 47.6 Å². The maximum Gasteiger partial charge on any atom is 0.338 e. The van der Waals surface area contributed by atoms with E-state index in [2.05, 4.69) is 15.5 Å². The molecule has 10 heteroatoms. The number of anilines is 1. The average Bonchev–Trinajstić information content (AvgIpc) is 3.17. The Kier molecular flexibility index (Phi) is 7.14. The van der Waals surface area contributed by atoms with E-state index < -0.39 is 18.5 Å². The molecule has 0 aliphatic rings. The molecule has 0 aliphatic carbocycles. The van der Waals surface area contributed by atoms with E-state index in [-0.39, 0.29) is 0 Å². The van der Waals surface area contributed by atoms with E-state index in [0.717, 1.165) is 16.7 Å². The number of amides is 1. The fraction of sp³-hybridized carbons (Fsp3) is 0.238. The minimum absolute atomic E-state index is 0.326. The molecule has 9 nitrogen and oxygen atoms in total. The Morgan fingerprint density at radius 2 is 1.81 bits per heavy atom. The Balaban J connectivity index is 1.62. The summed E-state index contributed by atoms with van der Waals surface area (Å²) in [5.41, 5.74) is 1.57. The maximum absolute atomic E-state index is 12.3. The van der Waals surface area contributed by atoms with E-state index in [1.54, 1.807) is 42.5 Å². The first kappa shape index (κ1) is 22.2. The van der Waals surface area contributed by atoms with Gasteiger partial charge in [0.1, 0.15) is 17.3 Å². The number of aromatic nitrogens is 3. The highest BCUT2D eigenvalue weighted by Crippen LogP contribution is 2.28. The summed E-state index contributed by atoms with van der Waals surface area (Å²) in [7, 11) is 3.01. The number of benzene rings is 2. The van der Waals surface area contributed by atoms with Crippen LogP contribution in [0, 0.1) is 6.92 Å². The van der Waals surface area contributed by atoms with Gasteiger partial charge in [0.15, 0.2) is 11.8 Å². The summed E-state index contributed by atoms with van der Waals surface area (Å²) in [6.07, 6.45) is 1.91. The van der Waals surface area contributed by atoms with Gasteiger partial charge in [-0.3, -0.25) is 9.36 Å². The van der Waals surface area contributed by atoms with Crippen LogP contribution in [-0.4, -0.2) is 53.7 Å². The predicted molar refractivity (Wildman–Crippen MR) is 116 cm³/mol. The van der Waals surface area contributed by atoms with Crippen molar-refractivity contribution < 1.29 is 23.8 Å². The smallest absolute Gasteiger partial charge is 0.338 e. The van der Waals surface area contributed by atoms with Gasteiger partial charge >= 0.3 is 5.97 Å². The van der Waals surface area contributed by atoms with Crippen LogP contribution in [0.4, 0.5) is 5.69 Å². The van der Waals surface area contributed by atoms with Gasteiger partial charge in [-0.15, -0.1) is 10.2 Å². The van der Waals surface area contributed by atoms with Crippen molar-refractivity contribution in [3.63, 3.8) is 0 Å². The monoisotopic (exact) mass is 442 g/mol. The van der Waals surface area contributed by atoms with Gasteiger partial charge in [-0.1, -0.05) is 11.8 Å². The molecular formula is C21H22N4O5S. The van der Waals surface area contributed by atoms with Crippen LogP contribution in [0.2, 0.25) is 0 Å². The van der Waals surface area contributed by atoms with Crippen molar-refractivity contribution >= 4 is 29.3 Å². The average molecular weight is 442 g/mol. The second-order valence-electron chi connectivity index (χ2n) is 6.31. The van der Waals surface area contributed by atoms with Crippen LogP contribution in [-0.2, 0) is 9.53 Å². The number of rotatable bonds is 8. The Morgan fingerprint density at radius 3 is 2.45 bits per heavy atom. The highest BCUT2D eigenvalue weighted by molar-refractivity contribution is 7.98. The molecule has 0 fully saturated rings. The number of carbonyl (C=O) groups is 2. The molecular weight excluding hydrogens is 420 g/mol. The van der Waals surface area contributed by atoms with E-state index in [0.29, 0.717) is 22.7 Å². The normalized spacial score (nSPS) is 10.5. The summed E-state index contributed by atoms with van der Waals surface area (Å²) < 4.78 is 17.4. The maximum atomic E-state index is 12.3. The van der Waals surface area contributed by atoms with Gasteiger partial charge in [-0.05, 0) is 49.6 Å². The van der Waals surface area contributed by atoms with E-state index in [1.807, 2.05) is 17.7 Å². The first-order valence-corrected chi connectivity index (χ1v) is 10.4. The zero-order chi connectivity index (χ0) is 22.4. The number of nitrogens with one attached hydrogen (secondary N) is 1. The van der Waals surface area contributed by atoms with Crippen molar-refractivity contribution in [2.75, 3.05) is 32.4 Å². The number of hydrogen-bond donors (Lipinski definition) is 1. The summed E-state index contributed by atoms with van der Waals surface area (Å²) in [4.78, 5) is 24.6. The van der Waals surface area contributed by atoms with Gasteiger partial charge in [0.2, 0.25) is 0 Å². The van der Waals surface area contributed by atoms with Crippen LogP contribution in [0.1, 0.15) is 16.2 Å². The molecule has 1 amide bonds. The van der Waals surface area contributed by atoms with Gasteiger partial charge in [-0.2, -0.15) is 0 Å². The second-order valence-corrected chi connectivity index (χ2v) is 7.08. The minimum Gasteiger partial charge on any atom is -0.497 e. The second kappa shape index (κ2) is 9.98. The molecule has 2 aromatic carbocycles. The first-order valence-electron chi connectivity index (χ1n) is 9.22. The van der Waals surface area contributed by atoms with E-state index in [4.69, 9.17) is 14.2 Å². The molecule has 1 aromatic heterocycles. The molecule has 3 rings (SSSR count).